The van der Waals surface area contributed by atoms with Gasteiger partial charge in [0.1, 0.15) is 54.2 Å². The second-order valence-electron chi connectivity index (χ2n) is 18.7. The molecule has 63 heavy (non-hydrogen) atoms. The van der Waals surface area contributed by atoms with Crippen molar-refractivity contribution >= 4 is 11.9 Å². The molecular formula is C46H82O17. The van der Waals surface area contributed by atoms with E-state index >= 15 is 0 Å². The number of rotatable bonds is 25. The second-order valence-corrected chi connectivity index (χ2v) is 18.7. The van der Waals surface area contributed by atoms with Gasteiger partial charge in [-0.05, 0) is 56.8 Å². The van der Waals surface area contributed by atoms with Crippen LogP contribution in [-0.2, 0) is 47.5 Å². The monoisotopic (exact) mass is 907 g/mol. The van der Waals surface area contributed by atoms with Gasteiger partial charge in [0, 0.05) is 18.8 Å². The quantitative estimate of drug-likeness (QED) is 0.0504. The van der Waals surface area contributed by atoms with E-state index in [0.29, 0.717) is 18.6 Å². The van der Waals surface area contributed by atoms with Gasteiger partial charge in [-0.3, -0.25) is 9.59 Å². The van der Waals surface area contributed by atoms with Gasteiger partial charge in [-0.25, -0.2) is 0 Å². The van der Waals surface area contributed by atoms with Crippen molar-refractivity contribution in [2.45, 2.75) is 213 Å². The number of carbonyl (C=O) groups excluding carboxylic acids is 2. The highest BCUT2D eigenvalue weighted by atomic mass is 16.8. The molecule has 0 amide bonds. The number of carbonyl (C=O) groups is 2. The molecule has 3 saturated heterocycles. The van der Waals surface area contributed by atoms with E-state index < -0.39 is 79.5 Å². The lowest BCUT2D eigenvalue weighted by atomic mass is 9.76. The third-order valence-electron chi connectivity index (χ3n) is 13.8. The van der Waals surface area contributed by atoms with Crippen LogP contribution in [0.5, 0.6) is 0 Å². The summed E-state index contributed by atoms with van der Waals surface area (Å²) in [4.78, 5) is 26.2. The summed E-state index contributed by atoms with van der Waals surface area (Å²) in [7, 11) is 0. The first-order valence-electron chi connectivity index (χ1n) is 23.3. The summed E-state index contributed by atoms with van der Waals surface area (Å²) in [5, 5.41) is 72.8. The average molecular weight is 907 g/mol. The van der Waals surface area contributed by atoms with Crippen molar-refractivity contribution in [1.82, 2.24) is 0 Å². The first-order chi connectivity index (χ1) is 29.6. The van der Waals surface area contributed by atoms with E-state index in [1.54, 1.807) is 13.8 Å². The first kappa shape index (κ1) is 55.2. The number of esters is 2. The smallest absolute Gasteiger partial charge is 0.308 e. The molecule has 0 saturated carbocycles. The minimum absolute atomic E-state index is 0.000979. The van der Waals surface area contributed by atoms with Gasteiger partial charge in [-0.2, -0.15) is 0 Å². The molecule has 17 nitrogen and oxygen atoms in total. The molecule has 368 valence electrons. The van der Waals surface area contributed by atoms with Gasteiger partial charge in [-0.15, -0.1) is 0 Å². The Labute approximate surface area is 374 Å². The Morgan fingerprint density at radius 2 is 1.29 bits per heavy atom. The third-order valence-corrected chi connectivity index (χ3v) is 13.8. The molecule has 0 bridgehead atoms. The molecule has 0 radical (unpaired) electrons. The number of hydrogen-bond acceptors (Lipinski definition) is 17. The van der Waals surface area contributed by atoms with Crippen LogP contribution in [0.3, 0.4) is 0 Å². The van der Waals surface area contributed by atoms with E-state index in [1.165, 1.54) is 0 Å². The number of aliphatic hydroxyl groups is 7. The third kappa shape index (κ3) is 16.3. The predicted molar refractivity (Wildman–Crippen MR) is 230 cm³/mol. The van der Waals surface area contributed by atoms with Crippen molar-refractivity contribution in [1.29, 1.82) is 0 Å². The van der Waals surface area contributed by atoms with Gasteiger partial charge >= 0.3 is 11.9 Å². The Morgan fingerprint density at radius 1 is 0.714 bits per heavy atom. The number of aliphatic hydroxyl groups excluding tert-OH is 7. The summed E-state index contributed by atoms with van der Waals surface area (Å²) in [5.74, 6) is -0.269. The van der Waals surface area contributed by atoms with Crippen LogP contribution < -0.4 is 0 Å². The average Bonchev–Trinajstić information content (AvgIpc) is 3.57. The number of allylic oxidation sites excluding steroid dienone is 2. The molecule has 20 atom stereocenters. The maximum Gasteiger partial charge on any atom is 0.308 e. The fourth-order valence-corrected chi connectivity index (χ4v) is 8.54. The second kappa shape index (κ2) is 26.2. The highest BCUT2D eigenvalue weighted by Crippen LogP contribution is 2.38. The van der Waals surface area contributed by atoms with Crippen LogP contribution in [0.1, 0.15) is 128 Å². The zero-order chi connectivity index (χ0) is 47.3. The van der Waals surface area contributed by atoms with Crippen molar-refractivity contribution < 1.29 is 83.2 Å². The van der Waals surface area contributed by atoms with Gasteiger partial charge in [0.2, 0.25) is 0 Å². The van der Waals surface area contributed by atoms with Crippen molar-refractivity contribution in [3.05, 3.63) is 11.5 Å². The SMILES string of the molecule is CC[C@H](C[C@@H]1OC(C)[C@H](O/C(C)=C(/C)O)C(C)C1C)[C@@H](C)COC(=O)CC(O)C[C@H](OC(=O)CC(O)C[C@H](O[C@@H]1OC[C@H](O)[C@H]1OC1OCC(O)[C@@H](O)[C@H]1O)[C@@H](C)CC)[C@@H](C)CC. The normalized spacial score (nSPS) is 34.4. The van der Waals surface area contributed by atoms with Gasteiger partial charge in [0.15, 0.2) is 12.6 Å². The Hall–Kier alpha value is -2.16. The molecule has 0 aromatic heterocycles. The highest BCUT2D eigenvalue weighted by molar-refractivity contribution is 5.70. The van der Waals surface area contributed by atoms with Crippen LogP contribution >= 0.6 is 0 Å². The fourth-order valence-electron chi connectivity index (χ4n) is 8.54. The molecule has 0 aliphatic carbocycles. The molecular weight excluding hydrogens is 824 g/mol. The molecule has 7 N–H and O–H groups in total. The molecule has 0 aromatic rings. The van der Waals surface area contributed by atoms with E-state index in [4.69, 9.17) is 37.9 Å². The standard InChI is InChI=1S/C46H82O17/c1-12-23(4)36(16-32(48)18-39(52)56-20-25(6)31(14-3)15-38-26(7)27(8)43(30(11)59-38)60-29(10)28(9)47)61-40(53)19-33(49)17-37(24(5)13-2)62-46-44(35(51)22-58-46)63-45-42(55)41(54)34(50)21-57-45/h23-27,30-38,41-51,54-55H,12-22H2,1-11H3/b29-28-/t23-,24-,25-,26?,27?,30?,31+,32?,33?,34?,35-,36-,37-,38-,41+,42+,43+,44+,45?,46-/m0/s1. The maximum atomic E-state index is 13.2. The lowest BCUT2D eigenvalue weighted by molar-refractivity contribution is -0.307. The highest BCUT2D eigenvalue weighted by Gasteiger charge is 2.47. The van der Waals surface area contributed by atoms with Gasteiger partial charge in [0.05, 0.1) is 63.2 Å². The van der Waals surface area contributed by atoms with E-state index in [2.05, 4.69) is 20.8 Å². The summed E-state index contributed by atoms with van der Waals surface area (Å²) in [6.45, 7) is 21.2. The topological polar surface area (TPSA) is 250 Å². The van der Waals surface area contributed by atoms with Crippen molar-refractivity contribution in [2.75, 3.05) is 19.8 Å². The maximum absolute atomic E-state index is 13.2. The Morgan fingerprint density at radius 3 is 1.89 bits per heavy atom. The van der Waals surface area contributed by atoms with E-state index in [-0.39, 0.29) is 105 Å². The summed E-state index contributed by atoms with van der Waals surface area (Å²) in [5.41, 5.74) is 0. The summed E-state index contributed by atoms with van der Waals surface area (Å²) < 4.78 is 47.0. The molecule has 17 heteroatoms. The van der Waals surface area contributed by atoms with Gasteiger partial charge < -0.3 is 73.6 Å². The minimum atomic E-state index is -1.59. The van der Waals surface area contributed by atoms with E-state index in [0.717, 1.165) is 12.8 Å². The molecule has 7 unspecified atom stereocenters. The zero-order valence-electron chi connectivity index (χ0n) is 39.5. The van der Waals surface area contributed by atoms with Crippen molar-refractivity contribution in [3.63, 3.8) is 0 Å². The lowest BCUT2D eigenvalue weighted by Crippen LogP contribution is -2.56. The minimum Gasteiger partial charge on any atom is -0.509 e. The molecule has 3 aliphatic heterocycles. The molecule has 3 heterocycles. The number of hydrogen-bond donors (Lipinski definition) is 7. The zero-order valence-corrected chi connectivity index (χ0v) is 39.5. The van der Waals surface area contributed by atoms with Crippen molar-refractivity contribution in [2.24, 2.45) is 35.5 Å². The van der Waals surface area contributed by atoms with Crippen LogP contribution in [0.25, 0.3) is 0 Å². The first-order valence-corrected chi connectivity index (χ1v) is 23.3. The Balaban J connectivity index is 1.50. The van der Waals surface area contributed by atoms with Crippen LogP contribution in [0, 0.1) is 35.5 Å². The fraction of sp³-hybridized carbons (Fsp3) is 0.913. The van der Waals surface area contributed by atoms with Gasteiger partial charge in [0.25, 0.3) is 0 Å². The lowest BCUT2D eigenvalue weighted by Gasteiger charge is -2.45. The number of ether oxygens (including phenoxy) is 8. The summed E-state index contributed by atoms with van der Waals surface area (Å²) >= 11 is 0. The van der Waals surface area contributed by atoms with Crippen LogP contribution in [0.15, 0.2) is 11.5 Å². The molecule has 3 aliphatic rings. The van der Waals surface area contributed by atoms with Crippen LogP contribution in [0.2, 0.25) is 0 Å². The Bertz CT molecular complexity index is 1390. The predicted octanol–water partition coefficient (Wildman–Crippen LogP) is 4.05. The molecule has 3 rings (SSSR count). The Kier molecular flexibility index (Phi) is 23.0. The van der Waals surface area contributed by atoms with Crippen LogP contribution in [-0.4, -0.2) is 153 Å². The van der Waals surface area contributed by atoms with E-state index in [1.807, 2.05) is 41.5 Å². The molecule has 3 fully saturated rings. The van der Waals surface area contributed by atoms with Crippen LogP contribution in [0.4, 0.5) is 0 Å². The molecule has 0 spiro atoms. The summed E-state index contributed by atoms with van der Waals surface area (Å²) in [6.07, 6.45) is -11.0. The van der Waals surface area contributed by atoms with Gasteiger partial charge in [-0.1, -0.05) is 74.7 Å². The van der Waals surface area contributed by atoms with E-state index in [9.17, 15) is 45.3 Å². The summed E-state index contributed by atoms with van der Waals surface area (Å²) in [6, 6.07) is 0. The largest absolute Gasteiger partial charge is 0.509 e. The van der Waals surface area contributed by atoms with Crippen molar-refractivity contribution in [3.8, 4) is 0 Å². The molecule has 0 aromatic carbocycles.